The van der Waals surface area contributed by atoms with Crippen LogP contribution in [0.5, 0.6) is 0 Å². The van der Waals surface area contributed by atoms with E-state index in [1.54, 1.807) is 24.3 Å². The molecule has 0 N–H and O–H groups in total. The smallest absolute Gasteiger partial charge is 0.243 e. The molecule has 2 saturated heterocycles. The highest BCUT2D eigenvalue weighted by atomic mass is 32.2. The first-order chi connectivity index (χ1) is 16.4. The number of carbonyl (C=O) groups excluding carboxylic acids is 1. The molecule has 2 aliphatic rings. The highest BCUT2D eigenvalue weighted by Gasteiger charge is 2.34. The average Bonchev–Trinajstić information content (AvgIpc) is 2.88. The van der Waals surface area contributed by atoms with Gasteiger partial charge in [-0.15, -0.1) is 0 Å². The molecule has 3 aromatic rings. The van der Waals surface area contributed by atoms with Gasteiger partial charge in [-0.3, -0.25) is 4.79 Å². The first-order valence-corrected chi connectivity index (χ1v) is 13.1. The van der Waals surface area contributed by atoms with Crippen molar-refractivity contribution in [2.24, 2.45) is 5.92 Å². The van der Waals surface area contributed by atoms with Gasteiger partial charge in [0.05, 0.1) is 4.90 Å². The normalized spacial score (nSPS) is 18.4. The summed E-state index contributed by atoms with van der Waals surface area (Å²) in [5, 5.41) is 1.90. The number of sulfonamides is 1. The summed E-state index contributed by atoms with van der Waals surface area (Å²) in [6.07, 6.45) is 1.06. The summed E-state index contributed by atoms with van der Waals surface area (Å²) in [5.74, 6) is -0.298. The number of piperidine rings is 1. The van der Waals surface area contributed by atoms with Gasteiger partial charge in [0.2, 0.25) is 15.9 Å². The van der Waals surface area contributed by atoms with Crippen LogP contribution in [-0.4, -0.2) is 62.8 Å². The van der Waals surface area contributed by atoms with Crippen molar-refractivity contribution in [3.63, 3.8) is 0 Å². The van der Waals surface area contributed by atoms with E-state index in [0.29, 0.717) is 57.0 Å². The number of fused-ring (bicyclic) bond motifs is 1. The number of rotatable bonds is 4. The van der Waals surface area contributed by atoms with Crippen LogP contribution in [0.4, 0.5) is 10.1 Å². The minimum absolute atomic E-state index is 0.113. The van der Waals surface area contributed by atoms with Gasteiger partial charge in [0.1, 0.15) is 5.82 Å². The number of nitrogens with zero attached hydrogens (tertiary/aromatic N) is 3. The summed E-state index contributed by atoms with van der Waals surface area (Å²) in [5.41, 5.74) is 0.959. The Morgan fingerprint density at radius 3 is 2.12 bits per heavy atom. The molecule has 6 nitrogen and oxygen atoms in total. The zero-order chi connectivity index (χ0) is 23.7. The summed E-state index contributed by atoms with van der Waals surface area (Å²) in [6, 6.07) is 19.4. The van der Waals surface area contributed by atoms with Gasteiger partial charge >= 0.3 is 0 Å². The van der Waals surface area contributed by atoms with Crippen molar-refractivity contribution in [3.8, 4) is 0 Å². The van der Waals surface area contributed by atoms with Gasteiger partial charge in [-0.25, -0.2) is 12.8 Å². The predicted octanol–water partition coefficient (Wildman–Crippen LogP) is 3.73. The second-order valence-electron chi connectivity index (χ2n) is 8.98. The fourth-order valence-electron chi connectivity index (χ4n) is 4.92. The van der Waals surface area contributed by atoms with Crippen molar-refractivity contribution < 1.29 is 17.6 Å². The van der Waals surface area contributed by atoms with E-state index in [2.05, 4.69) is 4.90 Å². The van der Waals surface area contributed by atoms with Crippen molar-refractivity contribution in [3.05, 3.63) is 72.5 Å². The Morgan fingerprint density at radius 2 is 1.44 bits per heavy atom. The van der Waals surface area contributed by atoms with Crippen molar-refractivity contribution >= 4 is 32.4 Å². The molecule has 2 aliphatic heterocycles. The Hall–Kier alpha value is -2.97. The topological polar surface area (TPSA) is 60.9 Å². The molecule has 1 amide bonds. The second kappa shape index (κ2) is 9.35. The first-order valence-electron chi connectivity index (χ1n) is 11.7. The molecule has 2 fully saturated rings. The van der Waals surface area contributed by atoms with E-state index >= 15 is 0 Å². The van der Waals surface area contributed by atoms with Crippen LogP contribution in [0.15, 0.2) is 71.6 Å². The van der Waals surface area contributed by atoms with Gasteiger partial charge in [-0.05, 0) is 60.0 Å². The van der Waals surface area contributed by atoms with Gasteiger partial charge in [0, 0.05) is 50.9 Å². The number of anilines is 1. The Balaban J connectivity index is 1.18. The Kier molecular flexibility index (Phi) is 6.27. The largest absolute Gasteiger partial charge is 0.368 e. The predicted molar refractivity (Wildman–Crippen MR) is 131 cm³/mol. The van der Waals surface area contributed by atoms with Crippen LogP contribution in [0, 0.1) is 11.7 Å². The third-order valence-corrected chi connectivity index (χ3v) is 8.84. The molecule has 0 atom stereocenters. The van der Waals surface area contributed by atoms with E-state index in [1.165, 1.54) is 16.4 Å². The van der Waals surface area contributed by atoms with Crippen LogP contribution >= 0.6 is 0 Å². The van der Waals surface area contributed by atoms with E-state index in [0.717, 1.165) is 16.5 Å². The van der Waals surface area contributed by atoms with Crippen LogP contribution in [0.25, 0.3) is 10.8 Å². The molecule has 34 heavy (non-hydrogen) atoms. The third-order valence-electron chi connectivity index (χ3n) is 6.94. The first kappa shape index (κ1) is 22.8. The Bertz CT molecular complexity index is 1280. The highest BCUT2D eigenvalue weighted by molar-refractivity contribution is 7.89. The molecule has 0 spiro atoms. The molecule has 5 rings (SSSR count). The second-order valence-corrected chi connectivity index (χ2v) is 10.9. The number of hydrogen-bond acceptors (Lipinski definition) is 4. The summed E-state index contributed by atoms with van der Waals surface area (Å²) in [4.78, 5) is 17.4. The summed E-state index contributed by atoms with van der Waals surface area (Å²) in [6.45, 7) is 3.33. The summed E-state index contributed by atoms with van der Waals surface area (Å²) < 4.78 is 41.1. The van der Waals surface area contributed by atoms with Crippen LogP contribution in [0.3, 0.4) is 0 Å². The molecule has 0 bridgehead atoms. The zero-order valence-electron chi connectivity index (χ0n) is 18.9. The number of carbonyl (C=O) groups is 1. The van der Waals surface area contributed by atoms with Crippen molar-refractivity contribution in [1.29, 1.82) is 0 Å². The number of hydrogen-bond donors (Lipinski definition) is 0. The lowest BCUT2D eigenvalue weighted by Crippen LogP contribution is -2.52. The maximum Gasteiger partial charge on any atom is 0.243 e. The molecule has 0 saturated carbocycles. The lowest BCUT2D eigenvalue weighted by molar-refractivity contribution is -0.137. The molecule has 178 valence electrons. The van der Waals surface area contributed by atoms with Gasteiger partial charge < -0.3 is 9.80 Å². The number of piperazine rings is 1. The van der Waals surface area contributed by atoms with E-state index in [-0.39, 0.29) is 17.6 Å². The quantitative estimate of drug-likeness (QED) is 0.570. The van der Waals surface area contributed by atoms with Crippen molar-refractivity contribution in [2.45, 2.75) is 17.7 Å². The standard InChI is InChI=1S/C26H28FN3O3S/c27-23-6-8-24(9-7-23)28-15-17-29(18-16-28)26(31)21-11-13-30(14-12-21)34(32,33)25-10-5-20-3-1-2-4-22(20)19-25/h1-10,19,21H,11-18H2. The fraction of sp³-hybridized carbons (Fsp3) is 0.346. The number of halogens is 1. The van der Waals surface area contributed by atoms with E-state index in [9.17, 15) is 17.6 Å². The molecule has 0 aliphatic carbocycles. The van der Waals surface area contributed by atoms with Gasteiger partial charge in [-0.1, -0.05) is 30.3 Å². The maximum absolute atomic E-state index is 13.2. The van der Waals surface area contributed by atoms with Crippen LogP contribution in [-0.2, 0) is 14.8 Å². The van der Waals surface area contributed by atoms with Crippen molar-refractivity contribution in [1.82, 2.24) is 9.21 Å². The molecule has 8 heteroatoms. The Morgan fingerprint density at radius 1 is 0.794 bits per heavy atom. The SMILES string of the molecule is O=C(C1CCN(S(=O)(=O)c2ccc3ccccc3c2)CC1)N1CCN(c2ccc(F)cc2)CC1. The Labute approximate surface area is 199 Å². The lowest BCUT2D eigenvalue weighted by atomic mass is 9.96. The van der Waals surface area contributed by atoms with Gasteiger partial charge in [0.15, 0.2) is 0 Å². The molecular weight excluding hydrogens is 453 g/mol. The van der Waals surface area contributed by atoms with Gasteiger partial charge in [0.25, 0.3) is 0 Å². The fourth-order valence-corrected chi connectivity index (χ4v) is 6.42. The van der Waals surface area contributed by atoms with Crippen LogP contribution in [0.2, 0.25) is 0 Å². The van der Waals surface area contributed by atoms with Crippen LogP contribution < -0.4 is 4.90 Å². The highest BCUT2D eigenvalue weighted by Crippen LogP contribution is 2.28. The lowest BCUT2D eigenvalue weighted by Gasteiger charge is -2.39. The maximum atomic E-state index is 13.2. The minimum Gasteiger partial charge on any atom is -0.368 e. The summed E-state index contributed by atoms with van der Waals surface area (Å²) >= 11 is 0. The number of amides is 1. The van der Waals surface area contributed by atoms with Crippen LogP contribution in [0.1, 0.15) is 12.8 Å². The van der Waals surface area contributed by atoms with E-state index < -0.39 is 10.0 Å². The molecule has 3 aromatic carbocycles. The summed E-state index contributed by atoms with van der Waals surface area (Å²) in [7, 11) is -3.59. The molecule has 0 aromatic heterocycles. The molecule has 0 unspecified atom stereocenters. The molecule has 2 heterocycles. The molecule has 0 radical (unpaired) electrons. The third kappa shape index (κ3) is 4.52. The zero-order valence-corrected chi connectivity index (χ0v) is 19.8. The van der Waals surface area contributed by atoms with Gasteiger partial charge in [-0.2, -0.15) is 4.31 Å². The van der Waals surface area contributed by atoms with Crippen molar-refractivity contribution in [2.75, 3.05) is 44.2 Å². The van der Waals surface area contributed by atoms with E-state index in [1.807, 2.05) is 35.2 Å². The monoisotopic (exact) mass is 481 g/mol. The average molecular weight is 482 g/mol. The van der Waals surface area contributed by atoms with E-state index in [4.69, 9.17) is 0 Å². The molecular formula is C26H28FN3O3S. The number of benzene rings is 3. The minimum atomic E-state index is -3.59.